The van der Waals surface area contributed by atoms with Crippen LogP contribution in [0.5, 0.6) is 0 Å². The van der Waals surface area contributed by atoms with Gasteiger partial charge in [0.1, 0.15) is 5.78 Å². The summed E-state index contributed by atoms with van der Waals surface area (Å²) >= 11 is 1.73. The van der Waals surface area contributed by atoms with E-state index >= 15 is 0 Å². The monoisotopic (exact) mass is 142 g/mol. The van der Waals surface area contributed by atoms with Crippen LogP contribution in [0.2, 0.25) is 0 Å². The molecule has 0 aliphatic carbocycles. The lowest BCUT2D eigenvalue weighted by Gasteiger charge is -1.98. The highest BCUT2D eigenvalue weighted by atomic mass is 32.2. The predicted octanol–water partition coefficient (Wildman–Crippen LogP) is 1.49. The van der Waals surface area contributed by atoms with E-state index in [0.717, 1.165) is 17.9 Å². The zero-order valence-corrected chi connectivity index (χ0v) is 6.12. The highest BCUT2D eigenvalue weighted by Crippen LogP contribution is 2.22. The van der Waals surface area contributed by atoms with Gasteiger partial charge in [-0.25, -0.2) is 0 Å². The van der Waals surface area contributed by atoms with Crippen LogP contribution < -0.4 is 0 Å². The summed E-state index contributed by atoms with van der Waals surface area (Å²) in [5, 5.41) is 0. The molecule has 1 unspecified atom stereocenters. The van der Waals surface area contributed by atoms with Gasteiger partial charge >= 0.3 is 0 Å². The van der Waals surface area contributed by atoms with Crippen molar-refractivity contribution in [2.75, 3.05) is 11.5 Å². The van der Waals surface area contributed by atoms with Gasteiger partial charge in [0.2, 0.25) is 0 Å². The van der Waals surface area contributed by atoms with E-state index in [-0.39, 0.29) is 5.92 Å². The van der Waals surface area contributed by atoms with Crippen LogP contribution in [0.15, 0.2) is 12.7 Å². The average molecular weight is 142 g/mol. The van der Waals surface area contributed by atoms with E-state index in [2.05, 4.69) is 6.58 Å². The van der Waals surface area contributed by atoms with Gasteiger partial charge in [-0.05, 0) is 6.42 Å². The molecule has 1 heterocycles. The van der Waals surface area contributed by atoms with Gasteiger partial charge in [-0.15, -0.1) is 6.58 Å². The van der Waals surface area contributed by atoms with Gasteiger partial charge in [-0.3, -0.25) is 4.79 Å². The van der Waals surface area contributed by atoms with Gasteiger partial charge in [0.15, 0.2) is 0 Å². The molecule has 1 rings (SSSR count). The normalized spacial score (nSPS) is 26.7. The molecule has 1 aliphatic rings. The first-order valence-electron chi connectivity index (χ1n) is 3.06. The minimum absolute atomic E-state index is 0.285. The second-order valence-electron chi connectivity index (χ2n) is 2.20. The van der Waals surface area contributed by atoms with Gasteiger partial charge < -0.3 is 0 Å². The van der Waals surface area contributed by atoms with Crippen molar-refractivity contribution >= 4 is 17.5 Å². The number of hydrogen-bond donors (Lipinski definition) is 0. The fraction of sp³-hybridized carbons (Fsp3) is 0.571. The number of carbonyl (C=O) groups is 1. The lowest BCUT2D eigenvalue weighted by atomic mass is 10.0. The number of rotatable bonds is 2. The lowest BCUT2D eigenvalue weighted by Crippen LogP contribution is -2.09. The first-order chi connectivity index (χ1) is 4.34. The maximum Gasteiger partial charge on any atom is 0.146 e. The van der Waals surface area contributed by atoms with Crippen LogP contribution in [0, 0.1) is 5.92 Å². The van der Waals surface area contributed by atoms with Crippen LogP contribution in [-0.4, -0.2) is 17.3 Å². The minimum atomic E-state index is 0.285. The van der Waals surface area contributed by atoms with Crippen LogP contribution in [0.1, 0.15) is 6.42 Å². The van der Waals surface area contributed by atoms with Crippen LogP contribution in [0.25, 0.3) is 0 Å². The van der Waals surface area contributed by atoms with Crippen molar-refractivity contribution in [3.05, 3.63) is 12.7 Å². The van der Waals surface area contributed by atoms with Gasteiger partial charge in [-0.2, -0.15) is 11.8 Å². The van der Waals surface area contributed by atoms with Gasteiger partial charge in [0.25, 0.3) is 0 Å². The molecule has 50 valence electrons. The minimum Gasteiger partial charge on any atom is -0.298 e. The van der Waals surface area contributed by atoms with Crippen LogP contribution in [-0.2, 0) is 4.79 Å². The molecular formula is C7H10OS. The molecule has 0 saturated carbocycles. The van der Waals surface area contributed by atoms with E-state index in [1.165, 1.54) is 0 Å². The Balaban J connectivity index is 2.39. The number of thioether (sulfide) groups is 1. The molecule has 0 radical (unpaired) electrons. The fourth-order valence-corrected chi connectivity index (χ4v) is 2.07. The van der Waals surface area contributed by atoms with E-state index in [0.29, 0.717) is 5.78 Å². The van der Waals surface area contributed by atoms with Crippen LogP contribution >= 0.6 is 11.8 Å². The molecule has 1 atom stereocenters. The van der Waals surface area contributed by atoms with Crippen molar-refractivity contribution in [3.8, 4) is 0 Å². The average Bonchev–Trinajstić information content (AvgIpc) is 2.18. The van der Waals surface area contributed by atoms with E-state index in [1.807, 2.05) is 6.08 Å². The molecule has 0 aromatic rings. The summed E-state index contributed by atoms with van der Waals surface area (Å²) < 4.78 is 0. The van der Waals surface area contributed by atoms with Crippen molar-refractivity contribution < 1.29 is 4.79 Å². The zero-order valence-electron chi connectivity index (χ0n) is 5.30. The van der Waals surface area contributed by atoms with E-state index in [9.17, 15) is 4.79 Å². The fourth-order valence-electron chi connectivity index (χ4n) is 0.913. The third kappa shape index (κ3) is 1.58. The Morgan fingerprint density at radius 1 is 1.89 bits per heavy atom. The summed E-state index contributed by atoms with van der Waals surface area (Å²) in [5.74, 6) is 2.41. The molecule has 2 heteroatoms. The molecule has 0 bridgehead atoms. The Bertz CT molecular complexity index is 131. The molecule has 0 aromatic carbocycles. The topological polar surface area (TPSA) is 17.1 Å². The predicted molar refractivity (Wildman–Crippen MR) is 40.6 cm³/mol. The van der Waals surface area contributed by atoms with Crippen LogP contribution in [0.3, 0.4) is 0 Å². The van der Waals surface area contributed by atoms with Crippen LogP contribution in [0.4, 0.5) is 0 Å². The quantitative estimate of drug-likeness (QED) is 0.543. The first kappa shape index (κ1) is 6.87. The molecule has 1 saturated heterocycles. The molecule has 9 heavy (non-hydrogen) atoms. The van der Waals surface area contributed by atoms with Gasteiger partial charge in [0, 0.05) is 11.7 Å². The number of allylic oxidation sites excluding steroid dienone is 1. The molecule has 1 fully saturated rings. The maximum absolute atomic E-state index is 10.9. The second kappa shape index (κ2) is 3.06. The zero-order chi connectivity index (χ0) is 6.69. The van der Waals surface area contributed by atoms with Gasteiger partial charge in [0.05, 0.1) is 5.75 Å². The van der Waals surface area contributed by atoms with Crippen molar-refractivity contribution in [3.63, 3.8) is 0 Å². The van der Waals surface area contributed by atoms with Crippen molar-refractivity contribution in [2.24, 2.45) is 5.92 Å². The van der Waals surface area contributed by atoms with Crippen molar-refractivity contribution in [1.82, 2.24) is 0 Å². The molecule has 0 N–H and O–H groups in total. The van der Waals surface area contributed by atoms with Crippen molar-refractivity contribution in [2.45, 2.75) is 6.42 Å². The number of carbonyl (C=O) groups excluding carboxylic acids is 1. The summed E-state index contributed by atoms with van der Waals surface area (Å²) in [5.41, 5.74) is 0. The standard InChI is InChI=1S/C7H10OS/c1-2-3-6-4-9-5-7(6)8/h2,6H,1,3-5H2. The summed E-state index contributed by atoms with van der Waals surface area (Å²) in [6.45, 7) is 3.60. The Morgan fingerprint density at radius 3 is 3.11 bits per heavy atom. The number of Topliss-reactive ketones (excluding diaryl/α,β-unsaturated/α-hetero) is 1. The smallest absolute Gasteiger partial charge is 0.146 e. The molecule has 0 amide bonds. The van der Waals surface area contributed by atoms with Gasteiger partial charge in [-0.1, -0.05) is 6.08 Å². The van der Waals surface area contributed by atoms with E-state index in [4.69, 9.17) is 0 Å². The Hall–Kier alpha value is -0.240. The summed E-state index contributed by atoms with van der Waals surface area (Å²) in [6.07, 6.45) is 2.69. The first-order valence-corrected chi connectivity index (χ1v) is 4.21. The largest absolute Gasteiger partial charge is 0.298 e. The number of hydrogen-bond acceptors (Lipinski definition) is 2. The summed E-state index contributed by atoms with van der Waals surface area (Å²) in [6, 6.07) is 0. The highest BCUT2D eigenvalue weighted by molar-refractivity contribution is 8.00. The summed E-state index contributed by atoms with van der Waals surface area (Å²) in [7, 11) is 0. The molecule has 1 nitrogen and oxygen atoms in total. The Morgan fingerprint density at radius 2 is 2.67 bits per heavy atom. The lowest BCUT2D eigenvalue weighted by molar-refractivity contribution is -0.119. The van der Waals surface area contributed by atoms with E-state index in [1.54, 1.807) is 11.8 Å². The Labute approximate surface area is 59.5 Å². The Kier molecular flexibility index (Phi) is 2.34. The molecule has 0 aromatic heterocycles. The van der Waals surface area contributed by atoms with E-state index < -0.39 is 0 Å². The number of ketones is 1. The second-order valence-corrected chi connectivity index (χ2v) is 3.23. The third-order valence-corrected chi connectivity index (χ3v) is 2.60. The maximum atomic E-state index is 10.9. The molecular weight excluding hydrogens is 132 g/mol. The summed E-state index contributed by atoms with van der Waals surface area (Å²) in [4.78, 5) is 10.9. The molecule has 1 aliphatic heterocycles. The molecule has 0 spiro atoms. The SMILES string of the molecule is C=CCC1CSCC1=O. The van der Waals surface area contributed by atoms with Crippen molar-refractivity contribution in [1.29, 1.82) is 0 Å². The third-order valence-electron chi connectivity index (χ3n) is 1.47. The highest BCUT2D eigenvalue weighted by Gasteiger charge is 2.22.